The number of hydrogen-bond acceptors (Lipinski definition) is 3. The van der Waals surface area contributed by atoms with Crippen LogP contribution >= 0.6 is 0 Å². The lowest BCUT2D eigenvalue weighted by Crippen LogP contribution is -2.53. The summed E-state index contributed by atoms with van der Waals surface area (Å²) >= 11 is 0. The van der Waals surface area contributed by atoms with Gasteiger partial charge in [-0.1, -0.05) is 12.1 Å². The Labute approximate surface area is 136 Å². The van der Waals surface area contributed by atoms with Crippen LogP contribution in [-0.2, 0) is 11.3 Å². The number of carbonyl (C=O) groups excluding carboxylic acids is 1. The molecule has 5 nitrogen and oxygen atoms in total. The number of rotatable bonds is 3. The minimum Gasteiger partial charge on any atom is -0.336 e. The molecule has 0 N–H and O–H groups in total. The first-order valence-electron chi connectivity index (χ1n) is 8.56. The first-order valence-corrected chi connectivity index (χ1v) is 8.56. The monoisotopic (exact) mass is 312 g/mol. The Bertz CT molecular complexity index is 734. The van der Waals surface area contributed by atoms with Crippen LogP contribution in [0.3, 0.4) is 0 Å². The van der Waals surface area contributed by atoms with E-state index in [0.29, 0.717) is 12.5 Å². The number of benzene rings is 1. The van der Waals surface area contributed by atoms with Crippen molar-refractivity contribution in [1.82, 2.24) is 19.4 Å². The largest absolute Gasteiger partial charge is 0.336 e. The number of nitrogens with zero attached hydrogens (tertiary/aromatic N) is 4. The number of aromatic nitrogens is 2. The molecular weight excluding hydrogens is 288 g/mol. The lowest BCUT2D eigenvalue weighted by molar-refractivity contribution is -0.136. The van der Waals surface area contributed by atoms with E-state index in [1.54, 1.807) is 0 Å². The Morgan fingerprint density at radius 2 is 2.04 bits per heavy atom. The highest BCUT2D eigenvalue weighted by Gasteiger charge is 2.32. The van der Waals surface area contributed by atoms with E-state index in [2.05, 4.69) is 29.5 Å². The average molecular weight is 312 g/mol. The van der Waals surface area contributed by atoms with Gasteiger partial charge in [-0.15, -0.1) is 0 Å². The quantitative estimate of drug-likeness (QED) is 0.871. The normalized spacial score (nSPS) is 22.7. The highest BCUT2D eigenvalue weighted by atomic mass is 16.2. The van der Waals surface area contributed by atoms with E-state index in [1.807, 2.05) is 23.1 Å². The van der Waals surface area contributed by atoms with Gasteiger partial charge in [0, 0.05) is 31.6 Å². The van der Waals surface area contributed by atoms with Gasteiger partial charge >= 0.3 is 0 Å². The Hall–Kier alpha value is -1.88. The second-order valence-corrected chi connectivity index (χ2v) is 7.02. The zero-order chi connectivity index (χ0) is 16.0. The first-order chi connectivity index (χ1) is 11.1. The molecule has 1 amide bonds. The van der Waals surface area contributed by atoms with Gasteiger partial charge in [-0.25, -0.2) is 4.98 Å². The van der Waals surface area contributed by atoms with Crippen LogP contribution in [0, 0.1) is 0 Å². The predicted octanol–water partition coefficient (Wildman–Crippen LogP) is 2.08. The minimum atomic E-state index is 0.218. The second kappa shape index (κ2) is 5.64. The van der Waals surface area contributed by atoms with Gasteiger partial charge in [-0.2, -0.15) is 0 Å². The third-order valence-electron chi connectivity index (χ3n) is 5.07. The number of piperazine rings is 1. The second-order valence-electron chi connectivity index (χ2n) is 7.02. The van der Waals surface area contributed by atoms with Crippen molar-refractivity contribution in [3.05, 3.63) is 30.1 Å². The lowest BCUT2D eigenvalue weighted by atomic mass is 10.2. The summed E-state index contributed by atoms with van der Waals surface area (Å²) in [6, 6.07) is 8.44. The van der Waals surface area contributed by atoms with Crippen molar-refractivity contribution >= 4 is 16.9 Å². The summed E-state index contributed by atoms with van der Waals surface area (Å²) in [5, 5.41) is 0. The van der Waals surface area contributed by atoms with E-state index in [9.17, 15) is 4.79 Å². The molecule has 122 valence electrons. The molecule has 1 saturated heterocycles. The fourth-order valence-corrected chi connectivity index (χ4v) is 3.65. The van der Waals surface area contributed by atoms with Gasteiger partial charge in [0.2, 0.25) is 5.91 Å². The molecule has 4 rings (SSSR count). The molecule has 1 saturated carbocycles. The molecule has 5 heteroatoms. The van der Waals surface area contributed by atoms with Crippen molar-refractivity contribution in [3.63, 3.8) is 0 Å². The van der Waals surface area contributed by atoms with Crippen molar-refractivity contribution in [2.45, 2.75) is 38.3 Å². The maximum Gasteiger partial charge on any atom is 0.242 e. The maximum atomic E-state index is 12.9. The molecule has 23 heavy (non-hydrogen) atoms. The molecule has 2 fully saturated rings. The fraction of sp³-hybridized carbons (Fsp3) is 0.556. The molecule has 1 aliphatic carbocycles. The molecular formula is C18H24N4O. The summed E-state index contributed by atoms with van der Waals surface area (Å²) < 4.78 is 2.15. The molecule has 2 aliphatic rings. The van der Waals surface area contributed by atoms with Crippen LogP contribution in [0.2, 0.25) is 0 Å². The molecule has 2 heterocycles. The number of hydrogen-bond donors (Lipinski definition) is 0. The Morgan fingerprint density at radius 3 is 2.78 bits per heavy atom. The summed E-state index contributed by atoms with van der Waals surface area (Å²) in [6.45, 7) is 5.28. The lowest BCUT2D eigenvalue weighted by Gasteiger charge is -2.38. The van der Waals surface area contributed by atoms with E-state index in [1.165, 1.54) is 12.8 Å². The molecule has 1 unspecified atom stereocenters. The maximum absolute atomic E-state index is 12.9. The highest BCUT2D eigenvalue weighted by molar-refractivity contribution is 5.81. The molecule has 1 atom stereocenters. The molecule has 2 aromatic rings. The van der Waals surface area contributed by atoms with Crippen molar-refractivity contribution < 1.29 is 4.79 Å². The first kappa shape index (κ1) is 14.7. The summed E-state index contributed by atoms with van der Waals surface area (Å²) in [4.78, 5) is 22.0. The number of amides is 1. The van der Waals surface area contributed by atoms with Crippen LogP contribution in [0.1, 0.15) is 31.5 Å². The van der Waals surface area contributed by atoms with Crippen LogP contribution in [0.25, 0.3) is 11.0 Å². The SMILES string of the molecule is CC1CN(C)CCN1C(=O)Cn1c(C2CC2)nc2ccccc21. The van der Waals surface area contributed by atoms with E-state index in [0.717, 1.165) is 36.5 Å². The fourth-order valence-electron chi connectivity index (χ4n) is 3.65. The van der Waals surface area contributed by atoms with Crippen molar-refractivity contribution in [3.8, 4) is 0 Å². The molecule has 1 aromatic carbocycles. The van der Waals surface area contributed by atoms with Crippen molar-refractivity contribution in [2.24, 2.45) is 0 Å². The Morgan fingerprint density at radius 1 is 1.26 bits per heavy atom. The smallest absolute Gasteiger partial charge is 0.242 e. The number of likely N-dealkylation sites (N-methyl/N-ethyl adjacent to an activating group) is 1. The highest BCUT2D eigenvalue weighted by Crippen LogP contribution is 2.40. The summed E-state index contributed by atoms with van der Waals surface area (Å²) in [5.41, 5.74) is 2.10. The summed E-state index contributed by atoms with van der Waals surface area (Å²) in [5.74, 6) is 1.86. The van der Waals surface area contributed by atoms with Gasteiger partial charge in [-0.3, -0.25) is 4.79 Å². The molecule has 1 aromatic heterocycles. The van der Waals surface area contributed by atoms with Gasteiger partial charge in [0.25, 0.3) is 0 Å². The zero-order valence-corrected chi connectivity index (χ0v) is 13.9. The van der Waals surface area contributed by atoms with E-state index >= 15 is 0 Å². The van der Waals surface area contributed by atoms with Gasteiger partial charge < -0.3 is 14.4 Å². The Kier molecular flexibility index (Phi) is 3.60. The topological polar surface area (TPSA) is 41.4 Å². The van der Waals surface area contributed by atoms with Gasteiger partial charge in [-0.05, 0) is 38.9 Å². The standard InChI is InChI=1S/C18H24N4O/c1-13-11-20(2)9-10-21(13)17(23)12-22-16-6-4-3-5-15(16)19-18(22)14-7-8-14/h3-6,13-14H,7-12H2,1-2H3. The zero-order valence-electron chi connectivity index (χ0n) is 13.9. The van der Waals surface area contributed by atoms with E-state index in [-0.39, 0.29) is 11.9 Å². The van der Waals surface area contributed by atoms with E-state index in [4.69, 9.17) is 4.98 Å². The average Bonchev–Trinajstić information content (AvgIpc) is 3.31. The van der Waals surface area contributed by atoms with E-state index < -0.39 is 0 Å². The third-order valence-corrected chi connectivity index (χ3v) is 5.07. The number of para-hydroxylation sites is 2. The van der Waals surface area contributed by atoms with Gasteiger partial charge in [0.1, 0.15) is 12.4 Å². The minimum absolute atomic E-state index is 0.218. The van der Waals surface area contributed by atoms with Crippen LogP contribution in [0.15, 0.2) is 24.3 Å². The predicted molar refractivity (Wildman–Crippen MR) is 90.4 cm³/mol. The van der Waals surface area contributed by atoms with Crippen LogP contribution in [0.4, 0.5) is 0 Å². The van der Waals surface area contributed by atoms with Crippen LogP contribution in [-0.4, -0.2) is 58.0 Å². The third kappa shape index (κ3) is 2.74. The molecule has 1 aliphatic heterocycles. The molecule has 0 bridgehead atoms. The van der Waals surface area contributed by atoms with Gasteiger partial charge in [0.05, 0.1) is 11.0 Å². The van der Waals surface area contributed by atoms with Crippen LogP contribution < -0.4 is 0 Å². The van der Waals surface area contributed by atoms with Crippen LogP contribution in [0.5, 0.6) is 0 Å². The van der Waals surface area contributed by atoms with Crippen molar-refractivity contribution in [2.75, 3.05) is 26.7 Å². The number of fused-ring (bicyclic) bond motifs is 1. The Balaban J connectivity index is 1.62. The molecule has 0 spiro atoms. The number of imidazole rings is 1. The van der Waals surface area contributed by atoms with Gasteiger partial charge in [0.15, 0.2) is 0 Å². The van der Waals surface area contributed by atoms with Crippen molar-refractivity contribution in [1.29, 1.82) is 0 Å². The summed E-state index contributed by atoms with van der Waals surface area (Å²) in [7, 11) is 2.12. The molecule has 0 radical (unpaired) electrons. The number of carbonyl (C=O) groups is 1. The summed E-state index contributed by atoms with van der Waals surface area (Å²) in [6.07, 6.45) is 2.39.